The van der Waals surface area contributed by atoms with Crippen molar-refractivity contribution in [1.29, 1.82) is 0 Å². The summed E-state index contributed by atoms with van der Waals surface area (Å²) in [6.45, 7) is 3.49. The molecule has 0 aromatic carbocycles. The lowest BCUT2D eigenvalue weighted by molar-refractivity contribution is -0.150. The number of aliphatic hydroxyl groups excluding tert-OH is 2. The van der Waals surface area contributed by atoms with E-state index in [-0.39, 0.29) is 18.1 Å². The Bertz CT molecular complexity index is 804. The van der Waals surface area contributed by atoms with Crippen LogP contribution in [0.3, 0.4) is 0 Å². The molecule has 0 unspecified atom stereocenters. The Morgan fingerprint density at radius 3 is 2.32 bits per heavy atom. The Balaban J connectivity index is 1.70. The van der Waals surface area contributed by atoms with E-state index in [0.717, 1.165) is 23.8 Å². The number of rotatable bonds is 13. The average Bonchev–Trinajstić information content (AvgIpc) is 3.02. The molecule has 1 aliphatic heterocycles. The van der Waals surface area contributed by atoms with E-state index in [2.05, 4.69) is 11.9 Å². The maximum atomic E-state index is 12.0. The van der Waals surface area contributed by atoms with Crippen molar-refractivity contribution in [3.63, 3.8) is 0 Å². The number of nitrogens with one attached hydrogen (secondary N) is 1. The molecule has 1 saturated heterocycles. The first-order valence-corrected chi connectivity index (χ1v) is 11.3. The fourth-order valence-corrected chi connectivity index (χ4v) is 3.70. The first-order valence-electron chi connectivity index (χ1n) is 11.3. The molecular weight excluding hydrogens is 404 g/mol. The van der Waals surface area contributed by atoms with Crippen LogP contribution in [-0.2, 0) is 14.3 Å². The molecule has 1 aromatic rings. The fourth-order valence-electron chi connectivity index (χ4n) is 3.70. The lowest BCUT2D eigenvalue weighted by Gasteiger charge is -2.17. The monoisotopic (exact) mass is 440 g/mol. The van der Waals surface area contributed by atoms with Crippen LogP contribution in [0.15, 0.2) is 15.8 Å². The van der Waals surface area contributed by atoms with Crippen LogP contribution in [0.2, 0.25) is 0 Å². The highest BCUT2D eigenvalue weighted by atomic mass is 16.6. The summed E-state index contributed by atoms with van der Waals surface area (Å²) < 4.78 is 11.8. The van der Waals surface area contributed by atoms with Crippen molar-refractivity contribution in [3.8, 4) is 0 Å². The number of aryl methyl sites for hydroxylation is 1. The molecule has 0 saturated carbocycles. The van der Waals surface area contributed by atoms with Gasteiger partial charge in [0.1, 0.15) is 24.9 Å². The molecule has 2 heterocycles. The smallest absolute Gasteiger partial charge is 0.330 e. The normalized spacial score (nSPS) is 23.2. The van der Waals surface area contributed by atoms with Crippen LogP contribution in [0.1, 0.15) is 82.9 Å². The minimum Gasteiger partial charge on any atom is -0.463 e. The molecule has 1 fully saturated rings. The van der Waals surface area contributed by atoms with Gasteiger partial charge in [-0.1, -0.05) is 58.3 Å². The lowest BCUT2D eigenvalue weighted by atomic mass is 10.1. The van der Waals surface area contributed by atoms with Gasteiger partial charge in [0.2, 0.25) is 0 Å². The van der Waals surface area contributed by atoms with Crippen LogP contribution in [-0.4, -0.2) is 50.7 Å². The van der Waals surface area contributed by atoms with Gasteiger partial charge in [-0.05, 0) is 13.3 Å². The van der Waals surface area contributed by atoms with Gasteiger partial charge in [-0.3, -0.25) is 19.1 Å². The molecule has 3 N–H and O–H groups in total. The van der Waals surface area contributed by atoms with Crippen molar-refractivity contribution in [2.24, 2.45) is 0 Å². The Morgan fingerprint density at radius 2 is 1.68 bits per heavy atom. The van der Waals surface area contributed by atoms with E-state index in [0.29, 0.717) is 6.42 Å². The van der Waals surface area contributed by atoms with Crippen molar-refractivity contribution in [3.05, 3.63) is 32.6 Å². The molecule has 176 valence electrons. The molecule has 0 radical (unpaired) electrons. The summed E-state index contributed by atoms with van der Waals surface area (Å²) in [7, 11) is 0. The van der Waals surface area contributed by atoms with Crippen molar-refractivity contribution < 1.29 is 24.5 Å². The number of H-pyrrole nitrogens is 1. The molecule has 1 aliphatic rings. The van der Waals surface area contributed by atoms with Gasteiger partial charge in [0.25, 0.3) is 5.56 Å². The average molecular weight is 441 g/mol. The third-order valence-electron chi connectivity index (χ3n) is 5.65. The molecule has 9 nitrogen and oxygen atoms in total. The number of hydrogen-bond acceptors (Lipinski definition) is 7. The Kier molecular flexibility index (Phi) is 10.4. The van der Waals surface area contributed by atoms with E-state index < -0.39 is 35.8 Å². The van der Waals surface area contributed by atoms with Gasteiger partial charge in [-0.2, -0.15) is 0 Å². The van der Waals surface area contributed by atoms with Crippen LogP contribution in [0, 0.1) is 6.92 Å². The van der Waals surface area contributed by atoms with Gasteiger partial charge in [-0.15, -0.1) is 0 Å². The van der Waals surface area contributed by atoms with E-state index in [9.17, 15) is 24.6 Å². The highest BCUT2D eigenvalue weighted by Crippen LogP contribution is 2.28. The van der Waals surface area contributed by atoms with Gasteiger partial charge in [0.05, 0.1) is 0 Å². The van der Waals surface area contributed by atoms with E-state index in [4.69, 9.17) is 9.47 Å². The summed E-state index contributed by atoms with van der Waals surface area (Å²) in [5.74, 6) is -0.381. The van der Waals surface area contributed by atoms with Gasteiger partial charge in [0, 0.05) is 18.2 Å². The Hall–Kier alpha value is -1.97. The summed E-state index contributed by atoms with van der Waals surface area (Å²) >= 11 is 0. The quantitative estimate of drug-likeness (QED) is 0.315. The summed E-state index contributed by atoms with van der Waals surface area (Å²) in [4.78, 5) is 37.6. The number of ether oxygens (including phenoxy) is 2. The number of esters is 1. The second kappa shape index (κ2) is 12.8. The van der Waals surface area contributed by atoms with Crippen molar-refractivity contribution >= 4 is 5.97 Å². The number of nitrogens with zero attached hydrogens (tertiary/aromatic N) is 1. The van der Waals surface area contributed by atoms with Crippen molar-refractivity contribution in [1.82, 2.24) is 9.55 Å². The molecule has 0 aliphatic carbocycles. The van der Waals surface area contributed by atoms with Crippen LogP contribution < -0.4 is 11.2 Å². The molecule has 1 aromatic heterocycles. The van der Waals surface area contributed by atoms with Gasteiger partial charge >= 0.3 is 11.7 Å². The Morgan fingerprint density at radius 1 is 1.06 bits per heavy atom. The summed E-state index contributed by atoms with van der Waals surface area (Å²) in [6.07, 6.45) is 7.04. The first-order chi connectivity index (χ1) is 14.8. The predicted octanol–water partition coefficient (Wildman–Crippen LogP) is 1.93. The maximum Gasteiger partial charge on any atom is 0.330 e. The highest BCUT2D eigenvalue weighted by molar-refractivity contribution is 5.69. The van der Waals surface area contributed by atoms with Crippen LogP contribution >= 0.6 is 0 Å². The zero-order valence-electron chi connectivity index (χ0n) is 18.5. The molecule has 0 spiro atoms. The third kappa shape index (κ3) is 7.59. The second-order valence-corrected chi connectivity index (χ2v) is 8.29. The first kappa shape index (κ1) is 25.3. The SMILES string of the molecule is CCCCCCCCCCCC(=O)OC[C@H]1O[C@@H](n2cc(C)c(=O)[nH]c2=O)[C@H](O)[C@@H]1O. The largest absolute Gasteiger partial charge is 0.463 e. The maximum absolute atomic E-state index is 12.0. The molecule has 4 atom stereocenters. The lowest BCUT2D eigenvalue weighted by Crippen LogP contribution is -2.38. The molecule has 2 rings (SSSR count). The number of aliphatic hydroxyl groups is 2. The summed E-state index contributed by atoms with van der Waals surface area (Å²) in [5.41, 5.74) is -1.02. The fraction of sp³-hybridized carbons (Fsp3) is 0.773. The predicted molar refractivity (Wildman–Crippen MR) is 115 cm³/mol. The number of carbonyl (C=O) groups excluding carboxylic acids is 1. The molecular formula is C22H36N2O7. The molecule has 9 heteroatoms. The van der Waals surface area contributed by atoms with Crippen LogP contribution in [0.5, 0.6) is 0 Å². The minimum absolute atomic E-state index is 0.220. The molecule has 0 amide bonds. The van der Waals surface area contributed by atoms with E-state index in [1.807, 2.05) is 0 Å². The number of unbranched alkanes of at least 4 members (excludes halogenated alkanes) is 8. The van der Waals surface area contributed by atoms with Gasteiger partial charge < -0.3 is 19.7 Å². The van der Waals surface area contributed by atoms with E-state index in [1.54, 1.807) is 0 Å². The number of aromatic nitrogens is 2. The van der Waals surface area contributed by atoms with Crippen LogP contribution in [0.25, 0.3) is 0 Å². The standard InChI is InChI=1S/C22H36N2O7/c1-3-4-5-6-7-8-9-10-11-12-17(25)30-14-16-18(26)19(27)21(31-16)24-13-15(2)20(28)23-22(24)29/h13,16,18-19,21,26-27H,3-12,14H2,1-2H3,(H,23,28,29)/t16-,18-,19-,21-/m1/s1. The van der Waals surface area contributed by atoms with Crippen molar-refractivity contribution in [2.75, 3.05) is 6.61 Å². The highest BCUT2D eigenvalue weighted by Gasteiger charge is 2.44. The van der Waals surface area contributed by atoms with Gasteiger partial charge in [-0.25, -0.2) is 4.79 Å². The van der Waals surface area contributed by atoms with E-state index in [1.165, 1.54) is 51.6 Å². The molecule has 31 heavy (non-hydrogen) atoms. The minimum atomic E-state index is -1.40. The topological polar surface area (TPSA) is 131 Å². The number of hydrogen-bond donors (Lipinski definition) is 3. The van der Waals surface area contributed by atoms with E-state index >= 15 is 0 Å². The Labute approximate surface area is 182 Å². The second-order valence-electron chi connectivity index (χ2n) is 8.29. The number of aromatic amines is 1. The van der Waals surface area contributed by atoms with Crippen molar-refractivity contribution in [2.45, 2.75) is 103 Å². The third-order valence-corrected chi connectivity index (χ3v) is 5.65. The summed E-state index contributed by atoms with van der Waals surface area (Å²) in [6, 6.07) is 0. The molecule has 0 bridgehead atoms. The van der Waals surface area contributed by atoms with Crippen LogP contribution in [0.4, 0.5) is 0 Å². The zero-order valence-corrected chi connectivity index (χ0v) is 18.5. The summed E-state index contributed by atoms with van der Waals surface area (Å²) in [5, 5.41) is 20.5. The number of carbonyl (C=O) groups is 1. The zero-order chi connectivity index (χ0) is 22.8. The van der Waals surface area contributed by atoms with Gasteiger partial charge in [0.15, 0.2) is 6.23 Å².